The minimum atomic E-state index is 0.722. The van der Waals surface area contributed by atoms with Gasteiger partial charge in [0.1, 0.15) is 17.5 Å². The molecule has 0 bridgehead atoms. The zero-order valence-corrected chi connectivity index (χ0v) is 16.3. The zero-order chi connectivity index (χ0) is 19.5. The van der Waals surface area contributed by atoms with Gasteiger partial charge in [-0.3, -0.25) is 4.98 Å². The Bertz CT molecular complexity index is 1120. The van der Waals surface area contributed by atoms with Crippen LogP contribution in [0.2, 0.25) is 0 Å². The van der Waals surface area contributed by atoms with Crippen molar-refractivity contribution >= 4 is 33.9 Å². The topological polar surface area (TPSA) is 53.9 Å². The Kier molecular flexibility index (Phi) is 4.89. The molecule has 4 rings (SSSR count). The number of aryl methyl sites for hydroxylation is 2. The summed E-state index contributed by atoms with van der Waals surface area (Å²) in [5.41, 5.74) is 4.20. The molecule has 2 aromatic carbocycles. The van der Waals surface area contributed by atoms with E-state index >= 15 is 0 Å². The van der Waals surface area contributed by atoms with E-state index in [1.54, 1.807) is 6.20 Å². The molecule has 0 aliphatic heterocycles. The number of fused-ring (bicyclic) bond motifs is 1. The largest absolute Gasteiger partial charge is 0.338 e. The third-order valence-electron chi connectivity index (χ3n) is 4.63. The number of aromatic nitrogens is 3. The number of hydrogen-bond acceptors (Lipinski definition) is 5. The first kappa shape index (κ1) is 17.9. The van der Waals surface area contributed by atoms with Gasteiger partial charge in [0.25, 0.3) is 0 Å². The quantitative estimate of drug-likeness (QED) is 0.500. The summed E-state index contributed by atoms with van der Waals surface area (Å²) < 4.78 is 0. The Balaban J connectivity index is 1.72. The predicted molar refractivity (Wildman–Crippen MR) is 116 cm³/mol. The van der Waals surface area contributed by atoms with Crippen molar-refractivity contribution < 1.29 is 0 Å². The van der Waals surface area contributed by atoms with Crippen molar-refractivity contribution in [2.45, 2.75) is 20.8 Å². The molecule has 0 fully saturated rings. The lowest BCUT2D eigenvalue weighted by Gasteiger charge is -2.23. The Morgan fingerprint density at radius 1 is 0.929 bits per heavy atom. The van der Waals surface area contributed by atoms with Crippen LogP contribution in [-0.2, 0) is 0 Å². The summed E-state index contributed by atoms with van der Waals surface area (Å²) in [5.74, 6) is 2.35. The molecule has 140 valence electrons. The zero-order valence-electron chi connectivity index (χ0n) is 16.3. The first-order valence-corrected chi connectivity index (χ1v) is 9.44. The van der Waals surface area contributed by atoms with Gasteiger partial charge in [-0.2, -0.15) is 0 Å². The van der Waals surface area contributed by atoms with Gasteiger partial charge in [-0.1, -0.05) is 30.3 Å². The maximum Gasteiger partial charge on any atom is 0.138 e. The van der Waals surface area contributed by atoms with Crippen LogP contribution in [0.15, 0.2) is 66.9 Å². The lowest BCUT2D eigenvalue weighted by Crippen LogP contribution is -2.18. The van der Waals surface area contributed by atoms with Gasteiger partial charge >= 0.3 is 0 Å². The number of para-hydroxylation sites is 1. The van der Waals surface area contributed by atoms with Crippen LogP contribution in [-0.4, -0.2) is 21.5 Å². The molecule has 0 unspecified atom stereocenters. The Hall–Kier alpha value is -3.47. The van der Waals surface area contributed by atoms with E-state index in [9.17, 15) is 0 Å². The third kappa shape index (κ3) is 3.64. The molecular formula is C23H23N5. The highest BCUT2D eigenvalue weighted by molar-refractivity contribution is 5.91. The molecular weight excluding hydrogens is 346 g/mol. The molecule has 5 nitrogen and oxygen atoms in total. The summed E-state index contributed by atoms with van der Waals surface area (Å²) in [6.07, 6.45) is 1.81. The normalized spacial score (nSPS) is 10.8. The second-order valence-electron chi connectivity index (χ2n) is 6.75. The van der Waals surface area contributed by atoms with Gasteiger partial charge in [0, 0.05) is 29.9 Å². The fraction of sp³-hybridized carbons (Fsp3) is 0.174. The van der Waals surface area contributed by atoms with Crippen molar-refractivity contribution in [3.63, 3.8) is 0 Å². The number of nitrogens with zero attached hydrogens (tertiary/aromatic N) is 4. The Labute approximate surface area is 165 Å². The van der Waals surface area contributed by atoms with Crippen LogP contribution in [0.5, 0.6) is 0 Å². The molecule has 0 radical (unpaired) electrons. The second-order valence-corrected chi connectivity index (χ2v) is 6.75. The minimum Gasteiger partial charge on any atom is -0.338 e. The number of anilines is 4. The van der Waals surface area contributed by atoms with Gasteiger partial charge < -0.3 is 10.2 Å². The fourth-order valence-electron chi connectivity index (χ4n) is 3.37. The molecule has 0 aliphatic rings. The SMILES string of the molecule is CCN(c1cccc(C)c1)c1cc(Nc2cccc3cccnc23)nc(C)n1. The number of rotatable bonds is 5. The maximum atomic E-state index is 4.67. The smallest absolute Gasteiger partial charge is 0.138 e. The first-order chi connectivity index (χ1) is 13.6. The van der Waals surface area contributed by atoms with Crippen molar-refractivity contribution in [3.8, 4) is 0 Å². The summed E-state index contributed by atoms with van der Waals surface area (Å²) >= 11 is 0. The standard InChI is InChI=1S/C23H23N5/c1-4-28(19-11-5-8-16(2)14-19)22-15-21(25-17(3)26-22)27-20-12-6-9-18-10-7-13-24-23(18)20/h5-15H,4H2,1-3H3,(H,25,26,27). The van der Waals surface area contributed by atoms with Crippen molar-refractivity contribution in [1.82, 2.24) is 15.0 Å². The molecule has 0 saturated carbocycles. The highest BCUT2D eigenvalue weighted by Crippen LogP contribution is 2.28. The molecule has 5 heteroatoms. The first-order valence-electron chi connectivity index (χ1n) is 9.44. The summed E-state index contributed by atoms with van der Waals surface area (Å²) in [4.78, 5) is 16.0. The molecule has 1 N–H and O–H groups in total. The van der Waals surface area contributed by atoms with E-state index in [2.05, 4.69) is 75.4 Å². The van der Waals surface area contributed by atoms with E-state index in [0.29, 0.717) is 0 Å². The van der Waals surface area contributed by atoms with Crippen molar-refractivity contribution in [1.29, 1.82) is 0 Å². The van der Waals surface area contributed by atoms with Crippen LogP contribution >= 0.6 is 0 Å². The molecule has 0 saturated heterocycles. The Morgan fingerprint density at radius 2 is 1.75 bits per heavy atom. The molecule has 28 heavy (non-hydrogen) atoms. The van der Waals surface area contributed by atoms with Gasteiger partial charge in [-0.15, -0.1) is 0 Å². The monoisotopic (exact) mass is 369 g/mol. The van der Waals surface area contributed by atoms with Crippen LogP contribution in [0.3, 0.4) is 0 Å². The van der Waals surface area contributed by atoms with Crippen molar-refractivity contribution in [3.05, 3.63) is 78.2 Å². The average Bonchev–Trinajstić information content (AvgIpc) is 2.69. The van der Waals surface area contributed by atoms with Gasteiger partial charge in [0.05, 0.1) is 11.2 Å². The van der Waals surface area contributed by atoms with E-state index < -0.39 is 0 Å². The number of pyridine rings is 1. The lowest BCUT2D eigenvalue weighted by atomic mass is 10.2. The summed E-state index contributed by atoms with van der Waals surface area (Å²) in [6, 6.07) is 20.5. The van der Waals surface area contributed by atoms with Crippen LogP contribution in [0.1, 0.15) is 18.3 Å². The fourth-order valence-corrected chi connectivity index (χ4v) is 3.37. The summed E-state index contributed by atoms with van der Waals surface area (Å²) in [5, 5.41) is 4.52. The van der Waals surface area contributed by atoms with Gasteiger partial charge in [0.2, 0.25) is 0 Å². The molecule has 2 heterocycles. The van der Waals surface area contributed by atoms with E-state index in [0.717, 1.165) is 46.3 Å². The third-order valence-corrected chi connectivity index (χ3v) is 4.63. The van der Waals surface area contributed by atoms with Crippen LogP contribution in [0, 0.1) is 13.8 Å². The highest BCUT2D eigenvalue weighted by Gasteiger charge is 2.12. The maximum absolute atomic E-state index is 4.67. The van der Waals surface area contributed by atoms with Crippen LogP contribution in [0.25, 0.3) is 10.9 Å². The second kappa shape index (κ2) is 7.64. The van der Waals surface area contributed by atoms with Gasteiger partial charge in [-0.05, 0) is 50.6 Å². The van der Waals surface area contributed by atoms with Crippen LogP contribution in [0.4, 0.5) is 23.0 Å². The number of hydrogen-bond donors (Lipinski definition) is 1. The minimum absolute atomic E-state index is 0.722. The Morgan fingerprint density at radius 3 is 2.57 bits per heavy atom. The summed E-state index contributed by atoms with van der Waals surface area (Å²) in [6.45, 7) is 6.96. The lowest BCUT2D eigenvalue weighted by molar-refractivity contribution is 0.952. The molecule has 0 atom stereocenters. The summed E-state index contributed by atoms with van der Waals surface area (Å²) in [7, 11) is 0. The van der Waals surface area contributed by atoms with E-state index in [-0.39, 0.29) is 0 Å². The van der Waals surface area contributed by atoms with Gasteiger partial charge in [0.15, 0.2) is 0 Å². The molecule has 0 aliphatic carbocycles. The van der Waals surface area contributed by atoms with Crippen LogP contribution < -0.4 is 10.2 Å². The average molecular weight is 369 g/mol. The molecule has 4 aromatic rings. The predicted octanol–water partition coefficient (Wildman–Crippen LogP) is 5.54. The van der Waals surface area contributed by atoms with Crippen molar-refractivity contribution in [2.75, 3.05) is 16.8 Å². The molecule has 2 aromatic heterocycles. The highest BCUT2D eigenvalue weighted by atomic mass is 15.2. The molecule has 0 spiro atoms. The van der Waals surface area contributed by atoms with Gasteiger partial charge in [-0.25, -0.2) is 9.97 Å². The van der Waals surface area contributed by atoms with E-state index in [1.165, 1.54) is 5.56 Å². The van der Waals surface area contributed by atoms with E-state index in [1.807, 2.05) is 31.2 Å². The van der Waals surface area contributed by atoms with E-state index in [4.69, 9.17) is 0 Å². The number of nitrogens with one attached hydrogen (secondary N) is 1. The van der Waals surface area contributed by atoms with Crippen molar-refractivity contribution in [2.24, 2.45) is 0 Å². The number of benzene rings is 2. The molecule has 0 amide bonds.